The SMILES string of the molecule is Cc1ccc(-n2c([C@@H](C)N(Cc3ccccn3)C(=O)Cc3ccc(C(F)(F)F)cc3)nc3ccccc3c2=O)cc1. The highest BCUT2D eigenvalue weighted by Gasteiger charge is 2.31. The van der Waals surface area contributed by atoms with Crippen LogP contribution in [0.3, 0.4) is 0 Å². The molecule has 0 spiro atoms. The molecular weight excluding hydrogens is 529 g/mol. The van der Waals surface area contributed by atoms with E-state index in [1.165, 1.54) is 16.7 Å². The molecule has 0 bridgehead atoms. The van der Waals surface area contributed by atoms with E-state index in [0.29, 0.717) is 33.7 Å². The van der Waals surface area contributed by atoms with Gasteiger partial charge in [0, 0.05) is 6.20 Å². The first-order chi connectivity index (χ1) is 19.6. The Kier molecular flexibility index (Phi) is 7.70. The van der Waals surface area contributed by atoms with Crippen LogP contribution >= 0.6 is 0 Å². The zero-order valence-corrected chi connectivity index (χ0v) is 22.5. The van der Waals surface area contributed by atoms with Crippen LogP contribution in [-0.4, -0.2) is 25.3 Å². The van der Waals surface area contributed by atoms with Crippen molar-refractivity contribution in [3.63, 3.8) is 0 Å². The summed E-state index contributed by atoms with van der Waals surface area (Å²) < 4.78 is 40.7. The first-order valence-corrected chi connectivity index (χ1v) is 13.1. The number of nitrogens with zero attached hydrogens (tertiary/aromatic N) is 4. The maximum absolute atomic E-state index is 13.8. The van der Waals surface area contributed by atoms with Crippen LogP contribution < -0.4 is 5.56 Å². The number of aryl methyl sites for hydroxylation is 1. The lowest BCUT2D eigenvalue weighted by molar-refractivity contribution is -0.137. The topological polar surface area (TPSA) is 68.1 Å². The minimum atomic E-state index is -4.47. The van der Waals surface area contributed by atoms with Gasteiger partial charge in [-0.2, -0.15) is 13.2 Å². The van der Waals surface area contributed by atoms with Gasteiger partial charge in [0.05, 0.1) is 46.9 Å². The lowest BCUT2D eigenvalue weighted by atomic mass is 10.1. The molecule has 5 rings (SSSR count). The van der Waals surface area contributed by atoms with Gasteiger partial charge in [0.15, 0.2) is 0 Å². The second-order valence-electron chi connectivity index (χ2n) is 9.85. The molecule has 6 nitrogen and oxygen atoms in total. The average Bonchev–Trinajstić information content (AvgIpc) is 2.96. The summed E-state index contributed by atoms with van der Waals surface area (Å²) in [6.07, 6.45) is -2.99. The highest BCUT2D eigenvalue weighted by molar-refractivity contribution is 5.80. The molecule has 0 radical (unpaired) electrons. The third kappa shape index (κ3) is 6.04. The van der Waals surface area contributed by atoms with Crippen LogP contribution in [0.25, 0.3) is 16.6 Å². The zero-order valence-electron chi connectivity index (χ0n) is 22.5. The fourth-order valence-corrected chi connectivity index (χ4v) is 4.71. The van der Waals surface area contributed by atoms with Crippen LogP contribution in [0.4, 0.5) is 13.2 Å². The Labute approximate surface area is 234 Å². The Hall–Kier alpha value is -4.79. The molecular formula is C32H27F3N4O2. The monoisotopic (exact) mass is 556 g/mol. The van der Waals surface area contributed by atoms with Crippen molar-refractivity contribution < 1.29 is 18.0 Å². The maximum atomic E-state index is 13.8. The van der Waals surface area contributed by atoms with E-state index >= 15 is 0 Å². The number of carbonyl (C=O) groups excluding carboxylic acids is 1. The molecule has 3 aromatic carbocycles. The summed E-state index contributed by atoms with van der Waals surface area (Å²) in [4.78, 5) is 38.4. The molecule has 41 heavy (non-hydrogen) atoms. The summed E-state index contributed by atoms with van der Waals surface area (Å²) in [5.74, 6) is 0.00929. The molecule has 0 aliphatic rings. The Balaban J connectivity index is 1.59. The van der Waals surface area contributed by atoms with E-state index in [-0.39, 0.29) is 24.4 Å². The molecule has 0 saturated carbocycles. The van der Waals surface area contributed by atoms with Crippen molar-refractivity contribution >= 4 is 16.8 Å². The van der Waals surface area contributed by atoms with Crippen molar-refractivity contribution in [2.45, 2.75) is 39.0 Å². The fourth-order valence-electron chi connectivity index (χ4n) is 4.71. The summed E-state index contributed by atoms with van der Waals surface area (Å²) in [6.45, 7) is 3.84. The van der Waals surface area contributed by atoms with Gasteiger partial charge in [-0.1, -0.05) is 48.0 Å². The Morgan fingerprint density at radius 3 is 2.27 bits per heavy atom. The molecule has 0 fully saturated rings. The Morgan fingerprint density at radius 1 is 0.927 bits per heavy atom. The standard InChI is InChI=1S/C32H27F3N4O2/c1-21-10-16-26(17-11-21)39-30(37-28-9-4-3-8-27(28)31(39)41)22(2)38(20-25-7-5-6-18-36-25)29(40)19-23-12-14-24(15-13-23)32(33,34)35/h3-18,22H,19-20H2,1-2H3/t22-/m1/s1. The first kappa shape index (κ1) is 27.8. The summed E-state index contributed by atoms with van der Waals surface area (Å²) in [5.41, 5.74) is 2.12. The lowest BCUT2D eigenvalue weighted by Crippen LogP contribution is -2.38. The van der Waals surface area contributed by atoms with Crippen LogP contribution in [0.5, 0.6) is 0 Å². The molecule has 1 amide bonds. The third-order valence-electron chi connectivity index (χ3n) is 6.95. The largest absolute Gasteiger partial charge is 0.416 e. The van der Waals surface area contributed by atoms with Crippen LogP contribution in [0, 0.1) is 6.92 Å². The minimum absolute atomic E-state index is 0.109. The van der Waals surface area contributed by atoms with Crippen molar-refractivity contribution in [3.05, 3.63) is 136 Å². The summed E-state index contributed by atoms with van der Waals surface area (Å²) in [7, 11) is 0. The van der Waals surface area contributed by atoms with E-state index in [0.717, 1.165) is 17.7 Å². The average molecular weight is 557 g/mol. The van der Waals surface area contributed by atoms with Crippen LogP contribution in [-0.2, 0) is 23.9 Å². The molecule has 2 heterocycles. The number of amides is 1. The number of benzene rings is 3. The molecule has 0 saturated heterocycles. The number of halogens is 3. The second kappa shape index (κ2) is 11.4. The first-order valence-electron chi connectivity index (χ1n) is 13.1. The van der Waals surface area contributed by atoms with Gasteiger partial charge in [0.25, 0.3) is 5.56 Å². The molecule has 208 valence electrons. The number of hydrogen-bond donors (Lipinski definition) is 0. The Morgan fingerprint density at radius 2 is 1.61 bits per heavy atom. The quantitative estimate of drug-likeness (QED) is 0.231. The second-order valence-corrected chi connectivity index (χ2v) is 9.85. The van der Waals surface area contributed by atoms with Crippen LogP contribution in [0.1, 0.15) is 41.2 Å². The molecule has 5 aromatic rings. The molecule has 0 unspecified atom stereocenters. The van der Waals surface area contributed by atoms with Gasteiger partial charge < -0.3 is 4.90 Å². The summed E-state index contributed by atoms with van der Waals surface area (Å²) in [6, 6.07) is 23.7. The highest BCUT2D eigenvalue weighted by atomic mass is 19.4. The van der Waals surface area contributed by atoms with Gasteiger partial charge in [-0.15, -0.1) is 0 Å². The molecule has 1 atom stereocenters. The van der Waals surface area contributed by atoms with Crippen LogP contribution in [0.15, 0.2) is 102 Å². The zero-order chi connectivity index (χ0) is 29.1. The van der Waals surface area contributed by atoms with Gasteiger partial charge in [-0.25, -0.2) is 4.98 Å². The van der Waals surface area contributed by atoms with Crippen molar-refractivity contribution in [2.24, 2.45) is 0 Å². The fraction of sp³-hybridized carbons (Fsp3) is 0.188. The predicted molar refractivity (Wildman–Crippen MR) is 150 cm³/mol. The van der Waals surface area contributed by atoms with Crippen molar-refractivity contribution in [3.8, 4) is 5.69 Å². The number of fused-ring (bicyclic) bond motifs is 1. The number of alkyl halides is 3. The molecule has 9 heteroatoms. The third-order valence-corrected chi connectivity index (χ3v) is 6.95. The Bertz CT molecular complexity index is 1730. The predicted octanol–water partition coefficient (Wildman–Crippen LogP) is 6.44. The molecule has 2 aromatic heterocycles. The minimum Gasteiger partial charge on any atom is -0.327 e. The van der Waals surface area contributed by atoms with Crippen molar-refractivity contribution in [2.75, 3.05) is 0 Å². The van der Waals surface area contributed by atoms with Crippen molar-refractivity contribution in [1.82, 2.24) is 19.4 Å². The highest BCUT2D eigenvalue weighted by Crippen LogP contribution is 2.30. The number of aromatic nitrogens is 3. The maximum Gasteiger partial charge on any atom is 0.416 e. The van der Waals surface area contributed by atoms with E-state index < -0.39 is 17.8 Å². The molecule has 0 N–H and O–H groups in total. The number of pyridine rings is 1. The van der Waals surface area contributed by atoms with Crippen LogP contribution in [0.2, 0.25) is 0 Å². The van der Waals surface area contributed by atoms with Gasteiger partial charge in [0.2, 0.25) is 5.91 Å². The van der Waals surface area contributed by atoms with Crippen molar-refractivity contribution in [1.29, 1.82) is 0 Å². The summed E-state index contributed by atoms with van der Waals surface area (Å²) >= 11 is 0. The number of para-hydroxylation sites is 1. The van der Waals surface area contributed by atoms with E-state index in [1.54, 1.807) is 54.4 Å². The normalized spacial score (nSPS) is 12.3. The number of hydrogen-bond acceptors (Lipinski definition) is 4. The van der Waals surface area contributed by atoms with Gasteiger partial charge >= 0.3 is 6.18 Å². The van der Waals surface area contributed by atoms with Gasteiger partial charge in [-0.05, 0) is 67.9 Å². The van der Waals surface area contributed by atoms with E-state index in [9.17, 15) is 22.8 Å². The molecule has 0 aliphatic carbocycles. The molecule has 0 aliphatic heterocycles. The summed E-state index contributed by atoms with van der Waals surface area (Å²) in [5, 5.41) is 0.441. The van der Waals surface area contributed by atoms with E-state index in [2.05, 4.69) is 4.98 Å². The number of carbonyl (C=O) groups is 1. The van der Waals surface area contributed by atoms with Gasteiger partial charge in [0.1, 0.15) is 5.82 Å². The van der Waals surface area contributed by atoms with E-state index in [1.807, 2.05) is 37.3 Å². The number of rotatable bonds is 7. The smallest absolute Gasteiger partial charge is 0.327 e. The van der Waals surface area contributed by atoms with Gasteiger partial charge in [-0.3, -0.25) is 19.1 Å². The van der Waals surface area contributed by atoms with E-state index in [4.69, 9.17) is 4.98 Å². The lowest BCUT2D eigenvalue weighted by Gasteiger charge is -2.30.